The quantitative estimate of drug-likeness (QED) is 0.653. The van der Waals surface area contributed by atoms with Crippen LogP contribution in [-0.2, 0) is 12.8 Å². The lowest BCUT2D eigenvalue weighted by atomic mass is 9.98. The first kappa shape index (κ1) is 16.8. The fraction of sp³-hybridized carbons (Fsp3) is 0.357. The lowest BCUT2D eigenvalue weighted by molar-refractivity contribution is 0.404. The number of fused-ring (bicyclic) bond motifs is 2. The van der Waals surface area contributed by atoms with Gasteiger partial charge in [0.15, 0.2) is 11.5 Å². The van der Waals surface area contributed by atoms with Crippen LogP contribution >= 0.6 is 24.8 Å². The number of benzene rings is 1. The fourth-order valence-electron chi connectivity index (χ4n) is 2.63. The third-order valence-corrected chi connectivity index (χ3v) is 3.64. The van der Waals surface area contributed by atoms with Gasteiger partial charge in [-0.25, -0.2) is 0 Å². The van der Waals surface area contributed by atoms with Crippen LogP contribution in [0.25, 0.3) is 10.9 Å². The summed E-state index contributed by atoms with van der Waals surface area (Å²) in [6.07, 6.45) is 1.87. The smallest absolute Gasteiger partial charge is 0.159 e. The van der Waals surface area contributed by atoms with Gasteiger partial charge in [-0.05, 0) is 37.1 Å². The average molecular weight is 317 g/mol. The van der Waals surface area contributed by atoms with Crippen LogP contribution in [0.5, 0.6) is 11.5 Å². The second-order valence-electron chi connectivity index (χ2n) is 4.77. The summed E-state index contributed by atoms with van der Waals surface area (Å²) in [7, 11) is 0. The average Bonchev–Trinajstić information content (AvgIpc) is 2.58. The summed E-state index contributed by atoms with van der Waals surface area (Å²) in [5.74, 6) is -0.194. The lowest BCUT2D eigenvalue weighted by Crippen LogP contribution is -2.16. The largest absolute Gasteiger partial charge is 0.504 e. The van der Waals surface area contributed by atoms with Crippen LogP contribution < -0.4 is 5.32 Å². The first-order valence-electron chi connectivity index (χ1n) is 6.21. The van der Waals surface area contributed by atoms with E-state index >= 15 is 0 Å². The molecule has 4 nitrogen and oxygen atoms in total. The van der Waals surface area contributed by atoms with E-state index in [4.69, 9.17) is 0 Å². The Hall–Kier alpha value is -1.23. The molecule has 2 aromatic rings. The van der Waals surface area contributed by atoms with Crippen molar-refractivity contribution in [3.8, 4) is 11.5 Å². The van der Waals surface area contributed by atoms with Gasteiger partial charge in [-0.1, -0.05) is 0 Å². The molecule has 0 spiro atoms. The minimum Gasteiger partial charge on any atom is -0.504 e. The molecule has 0 atom stereocenters. The Bertz CT molecular complexity index is 632. The Morgan fingerprint density at radius 3 is 2.45 bits per heavy atom. The Kier molecular flexibility index (Phi) is 5.45. The summed E-state index contributed by atoms with van der Waals surface area (Å²) in [6.45, 7) is 3.96. The van der Waals surface area contributed by atoms with Crippen LogP contribution in [0.3, 0.4) is 0 Å². The third-order valence-electron chi connectivity index (χ3n) is 3.64. The topological polar surface area (TPSA) is 65.4 Å². The molecule has 1 aliphatic rings. The molecule has 110 valence electrons. The van der Waals surface area contributed by atoms with Gasteiger partial charge in [0.1, 0.15) is 0 Å². The Morgan fingerprint density at radius 2 is 1.70 bits per heavy atom. The van der Waals surface area contributed by atoms with Gasteiger partial charge in [0.2, 0.25) is 0 Å². The van der Waals surface area contributed by atoms with Crippen molar-refractivity contribution < 1.29 is 10.2 Å². The molecular weight excluding hydrogens is 299 g/mol. The van der Waals surface area contributed by atoms with Crippen molar-refractivity contribution in [1.82, 2.24) is 10.3 Å². The van der Waals surface area contributed by atoms with Crippen LogP contribution in [0.4, 0.5) is 0 Å². The van der Waals surface area contributed by atoms with E-state index in [1.807, 2.05) is 0 Å². The molecule has 0 bridgehead atoms. The first-order valence-corrected chi connectivity index (χ1v) is 6.21. The van der Waals surface area contributed by atoms with E-state index in [0.29, 0.717) is 0 Å². The van der Waals surface area contributed by atoms with Crippen molar-refractivity contribution in [3.63, 3.8) is 0 Å². The molecule has 0 saturated heterocycles. The predicted octanol–water partition coefficient (Wildman–Crippen LogP) is 2.49. The third kappa shape index (κ3) is 2.77. The van der Waals surface area contributed by atoms with E-state index in [-0.39, 0.29) is 36.3 Å². The van der Waals surface area contributed by atoms with Crippen LogP contribution in [0, 0.1) is 6.92 Å². The van der Waals surface area contributed by atoms with E-state index < -0.39 is 0 Å². The summed E-state index contributed by atoms with van der Waals surface area (Å²) in [5.41, 5.74) is 4.30. The van der Waals surface area contributed by atoms with Gasteiger partial charge in [-0.2, -0.15) is 0 Å². The van der Waals surface area contributed by atoms with Crippen LogP contribution in [0.2, 0.25) is 0 Å². The maximum Gasteiger partial charge on any atom is 0.159 e. The predicted molar refractivity (Wildman–Crippen MR) is 84.6 cm³/mol. The summed E-state index contributed by atoms with van der Waals surface area (Å²) in [6, 6.07) is 3.14. The second-order valence-corrected chi connectivity index (χ2v) is 4.77. The number of pyridine rings is 1. The van der Waals surface area contributed by atoms with Gasteiger partial charge in [0.25, 0.3) is 0 Å². The monoisotopic (exact) mass is 316 g/mol. The van der Waals surface area contributed by atoms with Gasteiger partial charge in [-0.15, -0.1) is 24.8 Å². The molecule has 0 aliphatic carbocycles. The number of halogens is 2. The SMILES string of the molecule is Cc1c2c(nc3cc(O)c(O)cc13)CCNCC2.Cl.Cl. The molecule has 3 rings (SSSR count). The minimum atomic E-state index is -0.110. The number of aromatic nitrogens is 1. The summed E-state index contributed by atoms with van der Waals surface area (Å²) < 4.78 is 0. The molecule has 3 N–H and O–H groups in total. The van der Waals surface area contributed by atoms with Crippen LogP contribution in [-0.4, -0.2) is 28.3 Å². The fourth-order valence-corrected chi connectivity index (χ4v) is 2.63. The number of nitrogens with one attached hydrogen (secondary N) is 1. The number of nitrogens with zero attached hydrogens (tertiary/aromatic N) is 1. The van der Waals surface area contributed by atoms with E-state index in [2.05, 4.69) is 17.2 Å². The molecule has 2 heterocycles. The number of rotatable bonds is 0. The molecule has 0 unspecified atom stereocenters. The summed E-state index contributed by atoms with van der Waals surface area (Å²) in [5, 5.41) is 23.5. The van der Waals surface area contributed by atoms with E-state index in [1.165, 1.54) is 11.6 Å². The van der Waals surface area contributed by atoms with Crippen LogP contribution in [0.1, 0.15) is 16.8 Å². The van der Waals surface area contributed by atoms with Crippen molar-refractivity contribution in [1.29, 1.82) is 0 Å². The highest BCUT2D eigenvalue weighted by Crippen LogP contribution is 2.33. The lowest BCUT2D eigenvalue weighted by Gasteiger charge is -2.12. The second kappa shape index (κ2) is 6.48. The van der Waals surface area contributed by atoms with Gasteiger partial charge in [-0.3, -0.25) is 4.98 Å². The van der Waals surface area contributed by atoms with E-state index in [0.717, 1.165) is 48.1 Å². The normalized spacial score (nSPS) is 13.8. The molecule has 0 fully saturated rings. The van der Waals surface area contributed by atoms with Gasteiger partial charge in [0.05, 0.1) is 5.52 Å². The zero-order valence-electron chi connectivity index (χ0n) is 11.1. The molecule has 0 amide bonds. The minimum absolute atomic E-state index is 0. The molecule has 1 aromatic heterocycles. The van der Waals surface area contributed by atoms with Crippen molar-refractivity contribution in [2.24, 2.45) is 0 Å². The number of hydrogen-bond donors (Lipinski definition) is 3. The summed E-state index contributed by atoms with van der Waals surface area (Å²) in [4.78, 5) is 4.63. The molecule has 0 saturated carbocycles. The Labute approximate surface area is 130 Å². The highest BCUT2D eigenvalue weighted by molar-refractivity contribution is 5.86. The molecular formula is C14H18Cl2N2O2. The van der Waals surface area contributed by atoms with Crippen molar-refractivity contribution >= 4 is 35.7 Å². The van der Waals surface area contributed by atoms with Gasteiger partial charge in [0, 0.05) is 30.1 Å². The number of aryl methyl sites for hydroxylation is 1. The maximum absolute atomic E-state index is 9.61. The van der Waals surface area contributed by atoms with Crippen molar-refractivity contribution in [2.75, 3.05) is 13.1 Å². The Morgan fingerprint density at radius 1 is 1.05 bits per heavy atom. The highest BCUT2D eigenvalue weighted by Gasteiger charge is 2.15. The van der Waals surface area contributed by atoms with Gasteiger partial charge >= 0.3 is 0 Å². The van der Waals surface area contributed by atoms with Crippen molar-refractivity contribution in [3.05, 3.63) is 29.0 Å². The Balaban J connectivity index is 0.000001000. The number of aromatic hydroxyl groups is 2. The van der Waals surface area contributed by atoms with Crippen molar-refractivity contribution in [2.45, 2.75) is 19.8 Å². The highest BCUT2D eigenvalue weighted by atomic mass is 35.5. The summed E-state index contributed by atoms with van der Waals surface area (Å²) >= 11 is 0. The first-order chi connectivity index (χ1) is 8.66. The van der Waals surface area contributed by atoms with E-state index in [1.54, 1.807) is 6.07 Å². The molecule has 6 heteroatoms. The molecule has 1 aromatic carbocycles. The number of hydrogen-bond acceptors (Lipinski definition) is 4. The molecule has 0 radical (unpaired) electrons. The van der Waals surface area contributed by atoms with E-state index in [9.17, 15) is 10.2 Å². The standard InChI is InChI=1S/C14H16N2O2.2ClH/c1-8-9-2-4-15-5-3-11(9)16-12-7-14(18)13(17)6-10(8)12;;/h6-7,15,17-18H,2-5H2,1H3;2*1H. The van der Waals surface area contributed by atoms with Gasteiger partial charge < -0.3 is 15.5 Å². The molecule has 1 aliphatic heterocycles. The number of phenols is 2. The zero-order chi connectivity index (χ0) is 12.7. The maximum atomic E-state index is 9.61. The van der Waals surface area contributed by atoms with Crippen LogP contribution in [0.15, 0.2) is 12.1 Å². The zero-order valence-corrected chi connectivity index (χ0v) is 12.8. The number of phenolic OH excluding ortho intramolecular Hbond substituents is 2. The molecule has 20 heavy (non-hydrogen) atoms.